The van der Waals surface area contributed by atoms with E-state index in [1.807, 2.05) is 11.3 Å². The molecule has 0 spiro atoms. The molecular weight excluding hydrogens is 216 g/mol. The Morgan fingerprint density at radius 3 is 2.94 bits per heavy atom. The summed E-state index contributed by atoms with van der Waals surface area (Å²) in [6, 6.07) is 4.37. The van der Waals surface area contributed by atoms with Gasteiger partial charge in [0.25, 0.3) is 0 Å². The molecule has 1 heterocycles. The highest BCUT2D eigenvalue weighted by molar-refractivity contribution is 7.11. The minimum atomic E-state index is 0.765. The fourth-order valence-corrected chi connectivity index (χ4v) is 2.63. The first kappa shape index (κ1) is 11.6. The summed E-state index contributed by atoms with van der Waals surface area (Å²) < 4.78 is 5.67. The van der Waals surface area contributed by atoms with Crippen LogP contribution in [0.25, 0.3) is 0 Å². The number of thiophene rings is 1. The Labute approximate surface area is 101 Å². The van der Waals surface area contributed by atoms with Crippen LogP contribution < -0.4 is 0 Å². The molecule has 0 saturated carbocycles. The van der Waals surface area contributed by atoms with E-state index in [0.717, 1.165) is 19.6 Å². The second-order valence-corrected chi connectivity index (χ2v) is 5.45. The van der Waals surface area contributed by atoms with Gasteiger partial charge in [-0.15, -0.1) is 11.3 Å². The van der Waals surface area contributed by atoms with E-state index >= 15 is 0 Å². The molecule has 0 amide bonds. The highest BCUT2D eigenvalue weighted by Crippen LogP contribution is 2.15. The smallest absolute Gasteiger partial charge is 0.0713 e. The molecule has 0 saturated heterocycles. The Morgan fingerprint density at radius 2 is 2.25 bits per heavy atom. The van der Waals surface area contributed by atoms with Crippen molar-refractivity contribution in [2.24, 2.45) is 0 Å². The molecule has 0 radical (unpaired) electrons. The fourth-order valence-electron chi connectivity index (χ4n) is 1.76. The van der Waals surface area contributed by atoms with E-state index in [-0.39, 0.29) is 0 Å². The highest BCUT2D eigenvalue weighted by Gasteiger charge is 1.99. The van der Waals surface area contributed by atoms with Crippen molar-refractivity contribution in [2.45, 2.75) is 26.2 Å². The van der Waals surface area contributed by atoms with Crippen LogP contribution in [-0.2, 0) is 11.2 Å². The van der Waals surface area contributed by atoms with E-state index in [1.54, 1.807) is 0 Å². The monoisotopic (exact) mass is 234 g/mol. The number of aryl methyl sites for hydroxylation is 1. The van der Waals surface area contributed by atoms with Crippen LogP contribution in [0, 0.1) is 6.92 Å². The maximum Gasteiger partial charge on any atom is 0.0713 e. The molecule has 1 nitrogen and oxygen atoms in total. The van der Waals surface area contributed by atoms with Crippen LogP contribution in [0.2, 0.25) is 0 Å². The second-order valence-electron chi connectivity index (χ2n) is 4.07. The highest BCUT2D eigenvalue weighted by atomic mass is 32.1. The summed E-state index contributed by atoms with van der Waals surface area (Å²) in [5.74, 6) is 0. The molecule has 0 bridgehead atoms. The van der Waals surface area contributed by atoms with E-state index in [1.165, 1.54) is 28.2 Å². The van der Waals surface area contributed by atoms with Gasteiger partial charge in [0, 0.05) is 16.2 Å². The predicted octanol–water partition coefficient (Wildman–Crippen LogP) is 3.89. The van der Waals surface area contributed by atoms with Gasteiger partial charge < -0.3 is 4.74 Å². The van der Waals surface area contributed by atoms with Gasteiger partial charge in [-0.05, 0) is 37.5 Å². The van der Waals surface area contributed by atoms with E-state index < -0.39 is 0 Å². The van der Waals surface area contributed by atoms with Crippen LogP contribution in [-0.4, -0.2) is 13.2 Å². The number of ether oxygens (including phenoxy) is 1. The summed E-state index contributed by atoms with van der Waals surface area (Å²) >= 11 is 1.87. The average Bonchev–Trinajstić information content (AvgIpc) is 2.72. The van der Waals surface area contributed by atoms with Gasteiger partial charge in [-0.25, -0.2) is 0 Å². The first-order chi connectivity index (χ1) is 7.84. The summed E-state index contributed by atoms with van der Waals surface area (Å²) in [6.45, 7) is 3.73. The molecule has 0 unspecified atom stereocenters. The maximum atomic E-state index is 5.67. The van der Waals surface area contributed by atoms with Crippen molar-refractivity contribution in [2.75, 3.05) is 13.2 Å². The van der Waals surface area contributed by atoms with Gasteiger partial charge in [-0.3, -0.25) is 0 Å². The lowest BCUT2D eigenvalue weighted by atomic mass is 10.1. The van der Waals surface area contributed by atoms with Crippen LogP contribution in [0.4, 0.5) is 0 Å². The minimum Gasteiger partial charge on any atom is -0.376 e. The van der Waals surface area contributed by atoms with Gasteiger partial charge in [-0.2, -0.15) is 0 Å². The molecule has 2 heteroatoms. The Morgan fingerprint density at radius 1 is 1.31 bits per heavy atom. The SMILES string of the molecule is Cc1ccc(CCOCC2=CCCC=C2)s1. The van der Waals surface area contributed by atoms with Crippen LogP contribution in [0.5, 0.6) is 0 Å². The fraction of sp³-hybridized carbons (Fsp3) is 0.429. The van der Waals surface area contributed by atoms with Crippen LogP contribution in [0.1, 0.15) is 22.6 Å². The molecular formula is C14H18OS. The van der Waals surface area contributed by atoms with Gasteiger partial charge in [-0.1, -0.05) is 18.2 Å². The number of rotatable bonds is 5. The third-order valence-corrected chi connectivity index (χ3v) is 3.69. The van der Waals surface area contributed by atoms with Crippen molar-refractivity contribution in [3.05, 3.63) is 45.7 Å². The Hall–Kier alpha value is -0.860. The maximum absolute atomic E-state index is 5.67. The minimum absolute atomic E-state index is 0.765. The normalized spacial score (nSPS) is 15.2. The summed E-state index contributed by atoms with van der Waals surface area (Å²) in [5, 5.41) is 0. The van der Waals surface area contributed by atoms with Crippen molar-refractivity contribution < 1.29 is 4.74 Å². The van der Waals surface area contributed by atoms with Crippen LogP contribution in [0.15, 0.2) is 35.9 Å². The lowest BCUT2D eigenvalue weighted by Crippen LogP contribution is -2.01. The largest absolute Gasteiger partial charge is 0.376 e. The van der Waals surface area contributed by atoms with Crippen molar-refractivity contribution >= 4 is 11.3 Å². The molecule has 0 aromatic carbocycles. The quantitative estimate of drug-likeness (QED) is 0.702. The van der Waals surface area contributed by atoms with Crippen LogP contribution in [0.3, 0.4) is 0 Å². The van der Waals surface area contributed by atoms with Crippen molar-refractivity contribution in [3.8, 4) is 0 Å². The van der Waals surface area contributed by atoms with E-state index in [9.17, 15) is 0 Å². The molecule has 1 aliphatic carbocycles. The summed E-state index contributed by atoms with van der Waals surface area (Å²) in [6.07, 6.45) is 10.1. The number of allylic oxidation sites excluding steroid dienone is 2. The van der Waals surface area contributed by atoms with Gasteiger partial charge in [0.1, 0.15) is 0 Å². The molecule has 2 rings (SSSR count). The van der Waals surface area contributed by atoms with Gasteiger partial charge in [0.2, 0.25) is 0 Å². The van der Waals surface area contributed by atoms with Crippen molar-refractivity contribution in [1.29, 1.82) is 0 Å². The standard InChI is InChI=1S/C14H18OS/c1-12-7-8-14(16-12)9-10-15-11-13-5-3-2-4-6-13/h3,5-8H,2,4,9-11H2,1H3. The van der Waals surface area contributed by atoms with Crippen molar-refractivity contribution in [1.82, 2.24) is 0 Å². The lowest BCUT2D eigenvalue weighted by molar-refractivity contribution is 0.161. The predicted molar refractivity (Wildman–Crippen MR) is 70.0 cm³/mol. The Bertz CT molecular complexity index is 387. The third kappa shape index (κ3) is 3.62. The van der Waals surface area contributed by atoms with Gasteiger partial charge >= 0.3 is 0 Å². The molecule has 1 aromatic rings. The molecule has 1 aliphatic rings. The first-order valence-corrected chi connectivity index (χ1v) is 6.65. The van der Waals surface area contributed by atoms with E-state index in [2.05, 4.69) is 37.3 Å². The van der Waals surface area contributed by atoms with Crippen LogP contribution >= 0.6 is 11.3 Å². The molecule has 16 heavy (non-hydrogen) atoms. The molecule has 0 aliphatic heterocycles. The average molecular weight is 234 g/mol. The third-order valence-electron chi connectivity index (χ3n) is 2.63. The van der Waals surface area contributed by atoms with E-state index in [0.29, 0.717) is 0 Å². The molecule has 0 fully saturated rings. The Balaban J connectivity index is 1.65. The first-order valence-electron chi connectivity index (χ1n) is 5.83. The van der Waals surface area contributed by atoms with Gasteiger partial charge in [0.05, 0.1) is 13.2 Å². The zero-order chi connectivity index (χ0) is 11.2. The summed E-state index contributed by atoms with van der Waals surface area (Å²) in [7, 11) is 0. The van der Waals surface area contributed by atoms with E-state index in [4.69, 9.17) is 4.74 Å². The Kier molecular flexibility index (Phi) is 4.37. The number of hydrogen-bond acceptors (Lipinski definition) is 2. The number of hydrogen-bond donors (Lipinski definition) is 0. The summed E-state index contributed by atoms with van der Waals surface area (Å²) in [5.41, 5.74) is 1.33. The zero-order valence-electron chi connectivity index (χ0n) is 9.74. The topological polar surface area (TPSA) is 9.23 Å². The second kappa shape index (κ2) is 6.02. The van der Waals surface area contributed by atoms with Crippen molar-refractivity contribution in [3.63, 3.8) is 0 Å². The zero-order valence-corrected chi connectivity index (χ0v) is 10.6. The molecule has 0 atom stereocenters. The molecule has 86 valence electrons. The lowest BCUT2D eigenvalue weighted by Gasteiger charge is -2.07. The molecule has 1 aromatic heterocycles. The van der Waals surface area contributed by atoms with Gasteiger partial charge in [0.15, 0.2) is 0 Å². The molecule has 0 N–H and O–H groups in total. The summed E-state index contributed by atoms with van der Waals surface area (Å²) in [4.78, 5) is 2.80.